The zero-order valence-electron chi connectivity index (χ0n) is 24.7. The van der Waals surface area contributed by atoms with Gasteiger partial charge >= 0.3 is 5.82 Å². The van der Waals surface area contributed by atoms with Crippen LogP contribution in [0.15, 0.2) is 146 Å². The number of aromatic amines is 1. The van der Waals surface area contributed by atoms with Gasteiger partial charge in [-0.1, -0.05) is 121 Å². The minimum absolute atomic E-state index is 0.701. The van der Waals surface area contributed by atoms with E-state index in [4.69, 9.17) is 33.6 Å². The monoisotopic (exact) mass is 636 g/mol. The van der Waals surface area contributed by atoms with Crippen LogP contribution in [0.5, 0.6) is 0 Å². The van der Waals surface area contributed by atoms with Crippen molar-refractivity contribution in [3.8, 4) is 45.3 Å². The molecule has 8 nitrogen and oxygen atoms in total. The van der Waals surface area contributed by atoms with Gasteiger partial charge in [-0.2, -0.15) is 0 Å². The second kappa shape index (κ2) is 12.6. The van der Waals surface area contributed by atoms with Crippen LogP contribution in [0.1, 0.15) is 0 Å². The van der Waals surface area contributed by atoms with Crippen LogP contribution in [0.2, 0.25) is 0 Å². The van der Waals surface area contributed by atoms with Gasteiger partial charge in [0.2, 0.25) is 0 Å². The standard InChI is InChI=1S/C38H24N4.ClHO4/c1-5-13-26(14-6-1)33-30-23-21-25-22-24-31-34(27-15-7-2-8-16-27)40-38(29-19-11-4-12-20-29)42-36(31)32(25)35(30)41-37(39-33)28-17-9-3-10-18-28;2-1(3,4)5/h1-24H;(H,2,3,4,5). The zero-order chi connectivity index (χ0) is 32.4. The van der Waals surface area contributed by atoms with Gasteiger partial charge in [0.15, 0.2) is 11.5 Å². The molecule has 6 aromatic carbocycles. The van der Waals surface area contributed by atoms with E-state index < -0.39 is 10.2 Å². The number of hydrogen-bond donors (Lipinski definition) is 0. The highest BCUT2D eigenvalue weighted by Gasteiger charge is 2.23. The van der Waals surface area contributed by atoms with Crippen molar-refractivity contribution < 1.29 is 33.9 Å². The minimum atomic E-state index is -4.94. The SMILES string of the molecule is [O-][Cl+3]([O-])([O-])[O-].c1ccc(-c2nc(-c3ccccc3)c3ccc4ccc5c(-c6ccccc6)nc(-c6ccccc6)[nH+]c5c4c3n2)cc1. The lowest BCUT2D eigenvalue weighted by atomic mass is 9.97. The molecule has 8 rings (SSSR count). The van der Waals surface area contributed by atoms with E-state index in [1.165, 1.54) is 0 Å². The van der Waals surface area contributed by atoms with Gasteiger partial charge in [-0.25, -0.2) is 33.6 Å². The van der Waals surface area contributed by atoms with E-state index >= 15 is 0 Å². The highest BCUT2D eigenvalue weighted by atomic mass is 35.7. The molecule has 9 heteroatoms. The van der Waals surface area contributed by atoms with E-state index in [1.54, 1.807) is 0 Å². The highest BCUT2D eigenvalue weighted by Crippen LogP contribution is 2.37. The summed E-state index contributed by atoms with van der Waals surface area (Å²) in [6.07, 6.45) is 0. The number of nitrogens with one attached hydrogen (secondary N) is 1. The summed E-state index contributed by atoms with van der Waals surface area (Å²) < 4.78 is 34.0. The Morgan fingerprint density at radius 2 is 0.894 bits per heavy atom. The molecule has 0 aliphatic heterocycles. The second-order valence-electron chi connectivity index (χ2n) is 10.7. The molecular weight excluding hydrogens is 612 g/mol. The van der Waals surface area contributed by atoms with Crippen molar-refractivity contribution >= 4 is 32.6 Å². The predicted octanol–water partition coefficient (Wildman–Crippen LogP) is 4.06. The van der Waals surface area contributed by atoms with Gasteiger partial charge in [0, 0.05) is 22.1 Å². The number of nitrogens with zero attached hydrogens (tertiary/aromatic N) is 3. The first-order valence-corrected chi connectivity index (χ1v) is 15.9. The Morgan fingerprint density at radius 1 is 0.447 bits per heavy atom. The Morgan fingerprint density at radius 3 is 1.43 bits per heavy atom. The Bertz CT molecular complexity index is 2170. The lowest BCUT2D eigenvalue weighted by Gasteiger charge is -2.17. The number of aromatic nitrogens is 4. The van der Waals surface area contributed by atoms with Crippen LogP contribution in [0.3, 0.4) is 0 Å². The fourth-order valence-corrected chi connectivity index (χ4v) is 5.73. The first kappa shape index (κ1) is 30.1. The van der Waals surface area contributed by atoms with Crippen molar-refractivity contribution in [3.05, 3.63) is 146 Å². The molecule has 228 valence electrons. The number of fused-ring (bicyclic) bond motifs is 5. The summed E-state index contributed by atoms with van der Waals surface area (Å²) in [5.74, 6) is 1.51. The smallest absolute Gasteiger partial charge is 0.236 e. The van der Waals surface area contributed by atoms with E-state index in [9.17, 15) is 0 Å². The Balaban J connectivity index is 0.000000656. The summed E-state index contributed by atoms with van der Waals surface area (Å²) in [7, 11) is -4.94. The van der Waals surface area contributed by atoms with Gasteiger partial charge in [0.05, 0.1) is 27.5 Å². The lowest BCUT2D eigenvalue weighted by molar-refractivity contribution is -2.00. The molecule has 0 radical (unpaired) electrons. The molecule has 8 aromatic rings. The maximum atomic E-state index is 8.49. The molecule has 0 saturated heterocycles. The average Bonchev–Trinajstić information content (AvgIpc) is 3.11. The third-order valence-corrected chi connectivity index (χ3v) is 7.75. The highest BCUT2D eigenvalue weighted by molar-refractivity contribution is 6.20. The Hall–Kier alpha value is -5.61. The molecule has 0 aliphatic carbocycles. The first-order chi connectivity index (χ1) is 22.8. The topological polar surface area (TPSA) is 145 Å². The van der Waals surface area contributed by atoms with Gasteiger partial charge in [0.25, 0.3) is 0 Å². The Kier molecular flexibility index (Phi) is 8.09. The molecule has 0 saturated carbocycles. The molecule has 47 heavy (non-hydrogen) atoms. The molecular formula is C38H25ClN4O4. The van der Waals surface area contributed by atoms with Crippen LogP contribution in [-0.4, -0.2) is 15.0 Å². The molecule has 0 amide bonds. The van der Waals surface area contributed by atoms with Crippen molar-refractivity contribution in [1.29, 1.82) is 0 Å². The van der Waals surface area contributed by atoms with Crippen molar-refractivity contribution in [1.82, 2.24) is 15.0 Å². The summed E-state index contributed by atoms with van der Waals surface area (Å²) in [5.41, 5.74) is 7.89. The molecule has 0 bridgehead atoms. The zero-order valence-corrected chi connectivity index (χ0v) is 25.5. The summed E-state index contributed by atoms with van der Waals surface area (Å²) in [6.45, 7) is 0. The third kappa shape index (κ3) is 6.41. The largest absolute Gasteiger partial charge is 0.329 e. The molecule has 2 aromatic heterocycles. The fourth-order valence-electron chi connectivity index (χ4n) is 5.73. The van der Waals surface area contributed by atoms with Crippen LogP contribution >= 0.6 is 0 Å². The van der Waals surface area contributed by atoms with Crippen LogP contribution < -0.4 is 23.6 Å². The maximum absolute atomic E-state index is 8.49. The average molecular weight is 637 g/mol. The van der Waals surface area contributed by atoms with Gasteiger partial charge in [0.1, 0.15) is 5.52 Å². The number of H-pyrrole nitrogens is 1. The quantitative estimate of drug-likeness (QED) is 0.265. The van der Waals surface area contributed by atoms with Crippen molar-refractivity contribution in [3.63, 3.8) is 0 Å². The Labute approximate surface area is 271 Å². The summed E-state index contributed by atoms with van der Waals surface area (Å²) in [5, 5.41) is 4.21. The van der Waals surface area contributed by atoms with Gasteiger partial charge < -0.3 is 0 Å². The number of benzene rings is 6. The van der Waals surface area contributed by atoms with Crippen LogP contribution in [-0.2, 0) is 0 Å². The molecule has 0 unspecified atom stereocenters. The maximum Gasteiger partial charge on any atom is 0.329 e. The van der Waals surface area contributed by atoms with Gasteiger partial charge in [-0.15, -0.1) is 10.2 Å². The van der Waals surface area contributed by atoms with Crippen molar-refractivity contribution in [2.45, 2.75) is 0 Å². The van der Waals surface area contributed by atoms with Gasteiger partial charge in [-0.05, 0) is 34.6 Å². The third-order valence-electron chi connectivity index (χ3n) is 7.75. The summed E-state index contributed by atoms with van der Waals surface area (Å²) in [4.78, 5) is 19.3. The van der Waals surface area contributed by atoms with E-state index in [0.29, 0.717) is 5.82 Å². The minimum Gasteiger partial charge on any atom is -0.236 e. The van der Waals surface area contributed by atoms with E-state index in [1.807, 2.05) is 48.5 Å². The normalized spacial score (nSPS) is 11.4. The van der Waals surface area contributed by atoms with Crippen molar-refractivity contribution in [2.24, 2.45) is 0 Å². The number of rotatable bonds is 4. The first-order valence-electron chi connectivity index (χ1n) is 14.7. The van der Waals surface area contributed by atoms with Crippen LogP contribution in [0.4, 0.5) is 0 Å². The lowest BCUT2D eigenvalue weighted by Crippen LogP contribution is -2.68. The molecule has 0 fully saturated rings. The number of hydrogen-bond acceptors (Lipinski definition) is 7. The second-order valence-corrected chi connectivity index (χ2v) is 11.5. The summed E-state index contributed by atoms with van der Waals surface area (Å²) in [6, 6.07) is 49.9. The molecule has 2 heterocycles. The molecule has 0 atom stereocenters. The predicted molar refractivity (Wildman–Crippen MR) is 171 cm³/mol. The van der Waals surface area contributed by atoms with Crippen LogP contribution in [0.25, 0.3) is 77.9 Å². The van der Waals surface area contributed by atoms with Crippen molar-refractivity contribution in [2.75, 3.05) is 0 Å². The summed E-state index contributed by atoms with van der Waals surface area (Å²) >= 11 is 0. The van der Waals surface area contributed by atoms with Crippen LogP contribution in [0, 0.1) is 10.2 Å². The fraction of sp³-hybridized carbons (Fsp3) is 0. The van der Waals surface area contributed by atoms with E-state index in [0.717, 1.165) is 72.0 Å². The number of halogens is 1. The van der Waals surface area contributed by atoms with Gasteiger partial charge in [-0.3, -0.25) is 0 Å². The van der Waals surface area contributed by atoms with E-state index in [2.05, 4.69) is 102 Å². The molecule has 0 spiro atoms. The molecule has 0 aliphatic rings. The van der Waals surface area contributed by atoms with E-state index in [-0.39, 0.29) is 0 Å². The molecule has 1 N–H and O–H groups in total.